The summed E-state index contributed by atoms with van der Waals surface area (Å²) in [6.45, 7) is 1.92. The molecular weight excluding hydrogens is 252 g/mol. The van der Waals surface area contributed by atoms with E-state index in [2.05, 4.69) is 21.0 Å². The van der Waals surface area contributed by atoms with Gasteiger partial charge in [-0.25, -0.2) is 4.98 Å². The first-order valence-electron chi connectivity index (χ1n) is 6.12. The van der Waals surface area contributed by atoms with Crippen LogP contribution < -0.4 is 4.74 Å². The van der Waals surface area contributed by atoms with Gasteiger partial charge in [0.05, 0.1) is 35.6 Å². The van der Waals surface area contributed by atoms with Gasteiger partial charge >= 0.3 is 0 Å². The second kappa shape index (κ2) is 4.67. The second-order valence-corrected chi connectivity index (χ2v) is 4.44. The zero-order valence-electron chi connectivity index (χ0n) is 11.1. The molecule has 1 N–H and O–H groups in total. The molecule has 0 saturated carbocycles. The lowest BCUT2D eigenvalue weighted by Gasteiger charge is -2.05. The summed E-state index contributed by atoms with van der Waals surface area (Å²) in [5.74, 6) is 1.35. The van der Waals surface area contributed by atoms with Crippen molar-refractivity contribution in [3.8, 4) is 23.1 Å². The fourth-order valence-corrected chi connectivity index (χ4v) is 2.15. The van der Waals surface area contributed by atoms with Crippen molar-refractivity contribution in [1.82, 2.24) is 15.0 Å². The number of pyridine rings is 1. The second-order valence-electron chi connectivity index (χ2n) is 4.44. The van der Waals surface area contributed by atoms with Gasteiger partial charge in [0.15, 0.2) is 5.75 Å². The molecular formula is C15H12N4O. The molecule has 0 amide bonds. The first kappa shape index (κ1) is 12.2. The Balaban J connectivity index is 2.12. The quantitative estimate of drug-likeness (QED) is 0.772. The molecule has 2 aromatic heterocycles. The maximum atomic E-state index is 9.12. The third kappa shape index (κ3) is 1.97. The van der Waals surface area contributed by atoms with Crippen LogP contribution in [0, 0.1) is 18.3 Å². The number of nitrogens with zero attached hydrogens (tertiary/aromatic N) is 3. The third-order valence-electron chi connectivity index (χ3n) is 3.10. The fourth-order valence-electron chi connectivity index (χ4n) is 2.15. The van der Waals surface area contributed by atoms with Crippen LogP contribution in [-0.2, 0) is 0 Å². The average molecular weight is 264 g/mol. The molecule has 0 fully saturated rings. The average Bonchev–Trinajstić information content (AvgIpc) is 2.85. The van der Waals surface area contributed by atoms with Crippen LogP contribution in [0.4, 0.5) is 0 Å². The van der Waals surface area contributed by atoms with Gasteiger partial charge in [-0.05, 0) is 25.1 Å². The molecule has 0 aliphatic carbocycles. The van der Waals surface area contributed by atoms with E-state index in [9.17, 15) is 0 Å². The van der Waals surface area contributed by atoms with Crippen molar-refractivity contribution in [2.45, 2.75) is 6.92 Å². The molecule has 0 bridgehead atoms. The fraction of sp³-hybridized carbons (Fsp3) is 0.133. The lowest BCUT2D eigenvalue weighted by molar-refractivity contribution is 0.411. The van der Waals surface area contributed by atoms with Gasteiger partial charge in [-0.15, -0.1) is 0 Å². The SMILES string of the molecule is COc1cnc(-c2ccc3nc(C)[nH]c3c2)cc1C#N. The van der Waals surface area contributed by atoms with Crippen molar-refractivity contribution in [2.24, 2.45) is 0 Å². The van der Waals surface area contributed by atoms with E-state index < -0.39 is 0 Å². The van der Waals surface area contributed by atoms with Crippen LogP contribution in [0.25, 0.3) is 22.3 Å². The first-order chi connectivity index (χ1) is 9.71. The maximum Gasteiger partial charge on any atom is 0.154 e. The van der Waals surface area contributed by atoms with Gasteiger partial charge in [0.2, 0.25) is 0 Å². The standard InChI is InChI=1S/C15H12N4O/c1-9-18-12-4-3-10(5-14(12)19-9)13-6-11(7-16)15(20-2)8-17-13/h3-6,8H,1-2H3,(H,18,19). The van der Waals surface area contributed by atoms with Crippen LogP contribution in [0.1, 0.15) is 11.4 Å². The molecule has 3 rings (SSSR count). The molecule has 3 aromatic rings. The molecule has 20 heavy (non-hydrogen) atoms. The summed E-state index contributed by atoms with van der Waals surface area (Å²) in [5.41, 5.74) is 4.01. The highest BCUT2D eigenvalue weighted by Gasteiger charge is 2.08. The number of hydrogen-bond donors (Lipinski definition) is 1. The van der Waals surface area contributed by atoms with E-state index in [4.69, 9.17) is 10.00 Å². The number of methoxy groups -OCH3 is 1. The molecule has 0 aliphatic heterocycles. The van der Waals surface area contributed by atoms with Gasteiger partial charge in [-0.2, -0.15) is 5.26 Å². The largest absolute Gasteiger partial charge is 0.494 e. The summed E-state index contributed by atoms with van der Waals surface area (Å²) in [6, 6.07) is 9.70. The number of aromatic amines is 1. The molecule has 0 atom stereocenters. The topological polar surface area (TPSA) is 74.6 Å². The van der Waals surface area contributed by atoms with Crippen LogP contribution >= 0.6 is 0 Å². The lowest BCUT2D eigenvalue weighted by atomic mass is 10.1. The molecule has 5 heteroatoms. The number of benzene rings is 1. The lowest BCUT2D eigenvalue weighted by Crippen LogP contribution is -1.92. The van der Waals surface area contributed by atoms with Crippen molar-refractivity contribution >= 4 is 11.0 Å². The Labute approximate surface area is 115 Å². The van der Waals surface area contributed by atoms with Gasteiger partial charge in [0.25, 0.3) is 0 Å². The zero-order valence-corrected chi connectivity index (χ0v) is 11.1. The van der Waals surface area contributed by atoms with Crippen LogP contribution in [0.15, 0.2) is 30.5 Å². The van der Waals surface area contributed by atoms with E-state index in [0.717, 1.165) is 28.1 Å². The number of ether oxygens (including phenoxy) is 1. The van der Waals surface area contributed by atoms with Crippen LogP contribution in [-0.4, -0.2) is 22.1 Å². The number of fused-ring (bicyclic) bond motifs is 1. The van der Waals surface area contributed by atoms with E-state index in [0.29, 0.717) is 11.3 Å². The summed E-state index contributed by atoms with van der Waals surface area (Å²) >= 11 is 0. The van der Waals surface area contributed by atoms with E-state index in [1.54, 1.807) is 12.3 Å². The monoisotopic (exact) mass is 264 g/mol. The normalized spacial score (nSPS) is 10.4. The highest BCUT2D eigenvalue weighted by atomic mass is 16.5. The van der Waals surface area contributed by atoms with Gasteiger partial charge < -0.3 is 9.72 Å². The van der Waals surface area contributed by atoms with Crippen molar-refractivity contribution < 1.29 is 4.74 Å². The Morgan fingerprint density at radius 3 is 2.90 bits per heavy atom. The minimum atomic E-state index is 0.471. The van der Waals surface area contributed by atoms with Crippen molar-refractivity contribution in [3.05, 3.63) is 41.9 Å². The van der Waals surface area contributed by atoms with Crippen molar-refractivity contribution in [3.63, 3.8) is 0 Å². The Hall–Kier alpha value is -2.87. The number of imidazole rings is 1. The molecule has 0 spiro atoms. The minimum Gasteiger partial charge on any atom is -0.494 e. The summed E-state index contributed by atoms with van der Waals surface area (Å²) in [7, 11) is 1.52. The number of hydrogen-bond acceptors (Lipinski definition) is 4. The van der Waals surface area contributed by atoms with Crippen LogP contribution in [0.3, 0.4) is 0 Å². The molecule has 0 aliphatic rings. The Morgan fingerprint density at radius 2 is 2.15 bits per heavy atom. The predicted octanol–water partition coefficient (Wildman–Crippen LogP) is 2.81. The smallest absolute Gasteiger partial charge is 0.154 e. The van der Waals surface area contributed by atoms with Gasteiger partial charge in [-0.3, -0.25) is 4.98 Å². The molecule has 5 nitrogen and oxygen atoms in total. The molecule has 0 radical (unpaired) electrons. The Bertz CT molecular complexity index is 829. The molecule has 0 saturated heterocycles. The van der Waals surface area contributed by atoms with Gasteiger partial charge in [-0.1, -0.05) is 6.07 Å². The molecule has 0 unspecified atom stereocenters. The predicted molar refractivity (Wildman–Crippen MR) is 75.3 cm³/mol. The number of aryl methyl sites for hydroxylation is 1. The van der Waals surface area contributed by atoms with E-state index in [1.807, 2.05) is 25.1 Å². The Kier molecular flexibility index (Phi) is 2.84. The first-order valence-corrected chi connectivity index (χ1v) is 6.12. The summed E-state index contributed by atoms with van der Waals surface area (Å²) < 4.78 is 5.10. The number of aromatic nitrogens is 3. The number of nitriles is 1. The van der Waals surface area contributed by atoms with Gasteiger partial charge in [0.1, 0.15) is 11.9 Å². The van der Waals surface area contributed by atoms with Gasteiger partial charge in [0, 0.05) is 5.56 Å². The van der Waals surface area contributed by atoms with E-state index in [-0.39, 0.29) is 0 Å². The van der Waals surface area contributed by atoms with Crippen LogP contribution in [0.2, 0.25) is 0 Å². The molecule has 1 aromatic carbocycles. The van der Waals surface area contributed by atoms with Crippen molar-refractivity contribution in [2.75, 3.05) is 7.11 Å². The molecule has 98 valence electrons. The zero-order chi connectivity index (χ0) is 14.1. The van der Waals surface area contributed by atoms with E-state index in [1.165, 1.54) is 7.11 Å². The number of rotatable bonds is 2. The minimum absolute atomic E-state index is 0.471. The van der Waals surface area contributed by atoms with Crippen molar-refractivity contribution in [1.29, 1.82) is 5.26 Å². The summed E-state index contributed by atoms with van der Waals surface area (Å²) in [5, 5.41) is 9.12. The number of H-pyrrole nitrogens is 1. The van der Waals surface area contributed by atoms with E-state index >= 15 is 0 Å². The summed E-state index contributed by atoms with van der Waals surface area (Å²) in [4.78, 5) is 11.9. The highest BCUT2D eigenvalue weighted by molar-refractivity contribution is 5.81. The highest BCUT2D eigenvalue weighted by Crippen LogP contribution is 2.25. The molecule has 2 heterocycles. The Morgan fingerprint density at radius 1 is 1.30 bits per heavy atom. The van der Waals surface area contributed by atoms with Crippen LogP contribution in [0.5, 0.6) is 5.75 Å². The third-order valence-corrected chi connectivity index (χ3v) is 3.10. The maximum absolute atomic E-state index is 9.12. The summed E-state index contributed by atoms with van der Waals surface area (Å²) in [6.07, 6.45) is 1.57. The number of nitrogens with one attached hydrogen (secondary N) is 1.